The third kappa shape index (κ3) is 3.64. The summed E-state index contributed by atoms with van der Waals surface area (Å²) >= 11 is 0. The number of aliphatic carboxylic acids is 1. The summed E-state index contributed by atoms with van der Waals surface area (Å²) in [4.78, 5) is 30.5. The van der Waals surface area contributed by atoms with E-state index in [9.17, 15) is 14.7 Å². The average Bonchev–Trinajstić information content (AvgIpc) is 2.57. The Labute approximate surface area is 141 Å². The minimum absolute atomic E-state index is 0.159. The molecule has 0 unspecified atom stereocenters. The second-order valence-electron chi connectivity index (χ2n) is 6.11. The molecule has 0 fully saturated rings. The van der Waals surface area contributed by atoms with Gasteiger partial charge in [0, 0.05) is 19.5 Å². The Hall–Kier alpha value is -2.63. The van der Waals surface area contributed by atoms with Crippen molar-refractivity contribution in [3.63, 3.8) is 0 Å². The molecular weight excluding hydrogens is 306 g/mol. The highest BCUT2D eigenvalue weighted by Crippen LogP contribution is 2.22. The van der Waals surface area contributed by atoms with Crippen LogP contribution in [-0.2, 0) is 4.79 Å². The van der Waals surface area contributed by atoms with Gasteiger partial charge in [-0.1, -0.05) is 38.5 Å². The molecule has 0 saturated heterocycles. The number of carboxylic acids is 1. The number of benzene rings is 1. The Morgan fingerprint density at radius 1 is 1.29 bits per heavy atom. The molecule has 0 spiro atoms. The van der Waals surface area contributed by atoms with Gasteiger partial charge in [0.05, 0.1) is 11.1 Å². The number of anilines is 1. The van der Waals surface area contributed by atoms with Crippen molar-refractivity contribution in [3.8, 4) is 0 Å². The zero-order chi connectivity index (χ0) is 17.9. The first-order chi connectivity index (χ1) is 11.3. The number of rotatable bonds is 6. The molecule has 0 bridgehead atoms. The molecule has 2 aromatic rings. The third-order valence-corrected chi connectivity index (χ3v) is 4.17. The predicted molar refractivity (Wildman–Crippen MR) is 94.4 cm³/mol. The van der Waals surface area contributed by atoms with Crippen LogP contribution in [0.1, 0.15) is 30.6 Å². The Morgan fingerprint density at radius 3 is 2.54 bits per heavy atom. The molecule has 2 rings (SSSR count). The van der Waals surface area contributed by atoms with Crippen molar-refractivity contribution >= 4 is 28.6 Å². The Balaban J connectivity index is 2.46. The second kappa shape index (κ2) is 7.29. The lowest BCUT2D eigenvalue weighted by Crippen LogP contribution is -2.45. The quantitative estimate of drug-likeness (QED) is 0.851. The number of carbonyl (C=O) groups excluding carboxylic acids is 1. The molecule has 0 aliphatic carbocycles. The van der Waals surface area contributed by atoms with Gasteiger partial charge in [-0.25, -0.2) is 9.78 Å². The van der Waals surface area contributed by atoms with Crippen LogP contribution in [0.3, 0.4) is 0 Å². The SMILES string of the molecule is CC[C@H](C)[C@H](NC(=O)c1cc(N(C)C)nc2ccccc12)C(=O)O. The number of pyridine rings is 1. The molecule has 0 radical (unpaired) electrons. The topological polar surface area (TPSA) is 82.5 Å². The second-order valence-corrected chi connectivity index (χ2v) is 6.11. The van der Waals surface area contributed by atoms with E-state index in [4.69, 9.17) is 0 Å². The molecule has 1 heterocycles. The fourth-order valence-electron chi connectivity index (χ4n) is 2.48. The molecule has 24 heavy (non-hydrogen) atoms. The first kappa shape index (κ1) is 17.7. The van der Waals surface area contributed by atoms with E-state index in [0.29, 0.717) is 28.7 Å². The Morgan fingerprint density at radius 2 is 1.96 bits per heavy atom. The van der Waals surface area contributed by atoms with Crippen molar-refractivity contribution in [2.45, 2.75) is 26.3 Å². The molecule has 0 aliphatic heterocycles. The molecule has 2 atom stereocenters. The smallest absolute Gasteiger partial charge is 0.326 e. The van der Waals surface area contributed by atoms with Gasteiger partial charge in [0.2, 0.25) is 0 Å². The standard InChI is InChI=1S/C18H23N3O3/c1-5-11(2)16(18(23)24)20-17(22)13-10-15(21(3)4)19-14-9-7-6-8-12(13)14/h6-11,16H,5H2,1-4H3,(H,20,22)(H,23,24)/t11-,16-/m0/s1. The highest BCUT2D eigenvalue weighted by Gasteiger charge is 2.26. The van der Waals surface area contributed by atoms with Gasteiger partial charge in [-0.15, -0.1) is 0 Å². The van der Waals surface area contributed by atoms with Crippen LogP contribution in [-0.4, -0.2) is 42.1 Å². The summed E-state index contributed by atoms with van der Waals surface area (Å²) in [6.07, 6.45) is 0.664. The summed E-state index contributed by atoms with van der Waals surface area (Å²) in [5.41, 5.74) is 1.13. The molecule has 2 N–H and O–H groups in total. The lowest BCUT2D eigenvalue weighted by Gasteiger charge is -2.21. The third-order valence-electron chi connectivity index (χ3n) is 4.17. The normalized spacial score (nSPS) is 13.3. The van der Waals surface area contributed by atoms with Crippen LogP contribution in [0.2, 0.25) is 0 Å². The number of fused-ring (bicyclic) bond motifs is 1. The van der Waals surface area contributed by atoms with Crippen molar-refractivity contribution < 1.29 is 14.7 Å². The van der Waals surface area contributed by atoms with Gasteiger partial charge in [0.25, 0.3) is 5.91 Å². The van der Waals surface area contributed by atoms with Crippen molar-refractivity contribution in [1.82, 2.24) is 10.3 Å². The summed E-state index contributed by atoms with van der Waals surface area (Å²) in [6.45, 7) is 3.72. The fraction of sp³-hybridized carbons (Fsp3) is 0.389. The maximum Gasteiger partial charge on any atom is 0.326 e. The van der Waals surface area contributed by atoms with E-state index in [1.807, 2.05) is 57.1 Å². The first-order valence-electron chi connectivity index (χ1n) is 7.96. The number of para-hydroxylation sites is 1. The molecule has 0 aliphatic rings. The molecule has 1 aromatic heterocycles. The maximum atomic E-state index is 12.7. The van der Waals surface area contributed by atoms with Gasteiger partial charge in [0.15, 0.2) is 0 Å². The van der Waals surface area contributed by atoms with E-state index in [1.165, 1.54) is 0 Å². The molecule has 1 aromatic carbocycles. The number of hydrogen-bond donors (Lipinski definition) is 2. The lowest BCUT2D eigenvalue weighted by molar-refractivity contribution is -0.140. The van der Waals surface area contributed by atoms with Crippen LogP contribution in [0.15, 0.2) is 30.3 Å². The van der Waals surface area contributed by atoms with Crippen LogP contribution in [0.25, 0.3) is 10.9 Å². The van der Waals surface area contributed by atoms with Gasteiger partial charge >= 0.3 is 5.97 Å². The van der Waals surface area contributed by atoms with Crippen LogP contribution in [0.5, 0.6) is 0 Å². The first-order valence-corrected chi connectivity index (χ1v) is 7.96. The Bertz CT molecular complexity index is 758. The summed E-state index contributed by atoms with van der Waals surface area (Å²) in [6, 6.07) is 8.11. The summed E-state index contributed by atoms with van der Waals surface area (Å²) in [5.74, 6) is -0.935. The van der Waals surface area contributed by atoms with Crippen LogP contribution in [0, 0.1) is 5.92 Å². The number of nitrogens with zero attached hydrogens (tertiary/aromatic N) is 2. The average molecular weight is 329 g/mol. The molecule has 1 amide bonds. The van der Waals surface area contributed by atoms with Crippen LogP contribution < -0.4 is 10.2 Å². The van der Waals surface area contributed by atoms with Crippen LogP contribution in [0.4, 0.5) is 5.82 Å². The zero-order valence-corrected chi connectivity index (χ0v) is 14.4. The van der Waals surface area contributed by atoms with Gasteiger partial charge in [-0.3, -0.25) is 4.79 Å². The zero-order valence-electron chi connectivity index (χ0n) is 14.4. The predicted octanol–water partition coefficient (Wildman–Crippen LogP) is 2.53. The monoisotopic (exact) mass is 329 g/mol. The van der Waals surface area contributed by atoms with E-state index < -0.39 is 17.9 Å². The lowest BCUT2D eigenvalue weighted by atomic mass is 9.98. The number of carbonyl (C=O) groups is 2. The van der Waals surface area contributed by atoms with Crippen molar-refractivity contribution in [2.24, 2.45) is 5.92 Å². The van der Waals surface area contributed by atoms with Crippen LogP contribution >= 0.6 is 0 Å². The highest BCUT2D eigenvalue weighted by molar-refractivity contribution is 6.07. The summed E-state index contributed by atoms with van der Waals surface area (Å²) in [7, 11) is 3.69. The van der Waals surface area contributed by atoms with E-state index >= 15 is 0 Å². The molecule has 0 saturated carbocycles. The maximum absolute atomic E-state index is 12.7. The molecule has 128 valence electrons. The number of carboxylic acid groups (broad SMARTS) is 1. The minimum Gasteiger partial charge on any atom is -0.480 e. The van der Waals surface area contributed by atoms with E-state index in [0.717, 1.165) is 0 Å². The molecule has 6 heteroatoms. The van der Waals surface area contributed by atoms with E-state index in [2.05, 4.69) is 10.3 Å². The van der Waals surface area contributed by atoms with Crippen molar-refractivity contribution in [1.29, 1.82) is 0 Å². The minimum atomic E-state index is -1.02. The van der Waals surface area contributed by atoms with Gasteiger partial charge in [-0.05, 0) is 18.1 Å². The molecule has 6 nitrogen and oxygen atoms in total. The fourth-order valence-corrected chi connectivity index (χ4v) is 2.48. The van der Waals surface area contributed by atoms with E-state index in [-0.39, 0.29) is 5.92 Å². The number of nitrogens with one attached hydrogen (secondary N) is 1. The number of aromatic nitrogens is 1. The van der Waals surface area contributed by atoms with E-state index in [1.54, 1.807) is 6.07 Å². The van der Waals surface area contributed by atoms with Crippen molar-refractivity contribution in [3.05, 3.63) is 35.9 Å². The van der Waals surface area contributed by atoms with Crippen molar-refractivity contribution in [2.75, 3.05) is 19.0 Å². The number of amides is 1. The number of hydrogen-bond acceptors (Lipinski definition) is 4. The van der Waals surface area contributed by atoms with Gasteiger partial charge in [0.1, 0.15) is 11.9 Å². The summed E-state index contributed by atoms with van der Waals surface area (Å²) < 4.78 is 0. The largest absolute Gasteiger partial charge is 0.480 e. The van der Waals surface area contributed by atoms with Gasteiger partial charge in [-0.2, -0.15) is 0 Å². The molecular formula is C18H23N3O3. The highest BCUT2D eigenvalue weighted by atomic mass is 16.4. The summed E-state index contributed by atoms with van der Waals surface area (Å²) in [5, 5.41) is 12.8. The Kier molecular flexibility index (Phi) is 5.39. The van der Waals surface area contributed by atoms with Gasteiger partial charge < -0.3 is 15.3 Å².